The molecule has 0 spiro atoms. The van der Waals surface area contributed by atoms with Gasteiger partial charge < -0.3 is 19.4 Å². The summed E-state index contributed by atoms with van der Waals surface area (Å²) in [5.41, 5.74) is 0.908. The Hall–Kier alpha value is -2.74. The van der Waals surface area contributed by atoms with Gasteiger partial charge in [-0.05, 0) is 61.4 Å². The minimum absolute atomic E-state index is 0.132. The minimum Gasteiger partial charge on any atom is -0.485 e. The summed E-state index contributed by atoms with van der Waals surface area (Å²) in [5, 5.41) is 14.5. The second kappa shape index (κ2) is 10.3. The lowest BCUT2D eigenvalue weighted by Crippen LogP contribution is -2.18. The average Bonchev–Trinajstić information content (AvgIpc) is 3.25. The molecule has 4 atom stereocenters. The van der Waals surface area contributed by atoms with Crippen LogP contribution in [0.1, 0.15) is 25.7 Å². The molecule has 7 nitrogen and oxygen atoms in total. The number of benzene rings is 1. The van der Waals surface area contributed by atoms with Crippen LogP contribution >= 0.6 is 0 Å². The van der Waals surface area contributed by atoms with Crippen LogP contribution in [0.3, 0.4) is 0 Å². The quantitative estimate of drug-likeness (QED) is 0.286. The van der Waals surface area contributed by atoms with Gasteiger partial charge in [-0.3, -0.25) is 9.59 Å². The van der Waals surface area contributed by atoms with Crippen LogP contribution < -0.4 is 4.74 Å². The number of oxime groups is 1. The standard InChI is InChI=1S/C22H26FNO6/c1-28-22(27)8-9-30-24-16-10-14-11-21(26)19(20(14)12-16)7-4-17(25)13-29-18-5-2-15(23)3-6-18/h2-7,14,19-21,26H,8-13H2,1H3/b7-4?,24-16+/t14-,19+,20+,21+/m0/s1. The first kappa shape index (κ1) is 22.0. The third-order valence-electron chi connectivity index (χ3n) is 5.58. The zero-order valence-corrected chi connectivity index (χ0v) is 16.8. The van der Waals surface area contributed by atoms with Gasteiger partial charge in [-0.25, -0.2) is 4.39 Å². The molecule has 1 N–H and O–H groups in total. The van der Waals surface area contributed by atoms with Crippen LogP contribution in [0.5, 0.6) is 5.75 Å². The average molecular weight is 419 g/mol. The molecule has 2 saturated carbocycles. The number of aliphatic hydroxyl groups is 1. The largest absolute Gasteiger partial charge is 0.485 e. The SMILES string of the molecule is COC(=O)CCO/N=C1\C[C@H]2C[C@@H](O)[C@H](C=CC(=O)COc3ccc(F)cc3)[C@@H]2C1. The van der Waals surface area contributed by atoms with E-state index in [1.54, 1.807) is 6.08 Å². The molecule has 0 heterocycles. The first-order valence-corrected chi connectivity index (χ1v) is 9.98. The van der Waals surface area contributed by atoms with Crippen molar-refractivity contribution in [1.29, 1.82) is 0 Å². The van der Waals surface area contributed by atoms with E-state index in [0.29, 0.717) is 24.5 Å². The van der Waals surface area contributed by atoms with E-state index in [1.807, 2.05) is 0 Å². The van der Waals surface area contributed by atoms with Crippen molar-refractivity contribution in [3.05, 3.63) is 42.2 Å². The van der Waals surface area contributed by atoms with Gasteiger partial charge in [-0.2, -0.15) is 0 Å². The Balaban J connectivity index is 1.47. The summed E-state index contributed by atoms with van der Waals surface area (Å²) in [6.07, 6.45) is 4.94. The zero-order chi connectivity index (χ0) is 21.5. The van der Waals surface area contributed by atoms with Crippen molar-refractivity contribution in [3.63, 3.8) is 0 Å². The van der Waals surface area contributed by atoms with E-state index >= 15 is 0 Å². The van der Waals surface area contributed by atoms with E-state index in [9.17, 15) is 19.1 Å². The highest BCUT2D eigenvalue weighted by Gasteiger charge is 2.46. The molecule has 162 valence electrons. The molecule has 2 fully saturated rings. The number of carbonyl (C=O) groups excluding carboxylic acids is 2. The number of hydrogen-bond acceptors (Lipinski definition) is 7. The van der Waals surface area contributed by atoms with Crippen molar-refractivity contribution in [2.45, 2.75) is 31.8 Å². The topological polar surface area (TPSA) is 94.4 Å². The lowest BCUT2D eigenvalue weighted by molar-refractivity contribution is -0.141. The van der Waals surface area contributed by atoms with E-state index in [4.69, 9.17) is 9.57 Å². The molecule has 0 amide bonds. The van der Waals surface area contributed by atoms with E-state index in [2.05, 4.69) is 9.89 Å². The predicted octanol–water partition coefficient (Wildman–Crippen LogP) is 2.67. The highest BCUT2D eigenvalue weighted by molar-refractivity contribution is 5.91. The maximum atomic E-state index is 12.9. The molecule has 2 aliphatic rings. The number of halogens is 1. The number of ketones is 1. The molecule has 0 radical (unpaired) electrons. The van der Waals surface area contributed by atoms with Gasteiger partial charge in [-0.15, -0.1) is 0 Å². The molecule has 1 aromatic carbocycles. The van der Waals surface area contributed by atoms with Crippen LogP contribution in [0, 0.1) is 23.6 Å². The Bertz CT molecular complexity index is 806. The third kappa shape index (κ3) is 5.89. The van der Waals surface area contributed by atoms with Crippen LogP contribution in [-0.2, 0) is 19.2 Å². The molecule has 0 unspecified atom stereocenters. The van der Waals surface area contributed by atoms with Crippen molar-refractivity contribution in [2.24, 2.45) is 22.9 Å². The van der Waals surface area contributed by atoms with Crippen LogP contribution in [0.25, 0.3) is 0 Å². The number of ether oxygens (including phenoxy) is 2. The molecule has 3 rings (SSSR count). The number of nitrogens with zero attached hydrogens (tertiary/aromatic N) is 1. The lowest BCUT2D eigenvalue weighted by Gasteiger charge is -2.16. The highest BCUT2D eigenvalue weighted by atomic mass is 19.1. The van der Waals surface area contributed by atoms with Crippen LogP contribution in [0.15, 0.2) is 41.6 Å². The number of esters is 1. The Morgan fingerprint density at radius 1 is 1.27 bits per heavy atom. The Kier molecular flexibility index (Phi) is 7.57. The number of rotatable bonds is 9. The first-order chi connectivity index (χ1) is 14.5. The van der Waals surface area contributed by atoms with Gasteiger partial charge in [0.2, 0.25) is 0 Å². The van der Waals surface area contributed by atoms with Crippen molar-refractivity contribution in [3.8, 4) is 5.75 Å². The van der Waals surface area contributed by atoms with Gasteiger partial charge in [0.15, 0.2) is 12.4 Å². The summed E-state index contributed by atoms with van der Waals surface area (Å²) in [7, 11) is 1.32. The maximum absolute atomic E-state index is 12.9. The molecule has 0 bridgehead atoms. The van der Waals surface area contributed by atoms with Crippen LogP contribution in [0.4, 0.5) is 4.39 Å². The van der Waals surface area contributed by atoms with Crippen molar-refractivity contribution in [2.75, 3.05) is 20.3 Å². The van der Waals surface area contributed by atoms with Crippen LogP contribution in [-0.4, -0.2) is 49.0 Å². The Morgan fingerprint density at radius 3 is 2.77 bits per heavy atom. The summed E-state index contributed by atoms with van der Waals surface area (Å²) in [6, 6.07) is 5.46. The Labute approximate surface area is 174 Å². The number of aliphatic hydroxyl groups excluding tert-OH is 1. The minimum atomic E-state index is -0.496. The molecule has 0 aromatic heterocycles. The second-order valence-corrected chi connectivity index (χ2v) is 7.60. The first-order valence-electron chi connectivity index (χ1n) is 9.98. The van der Waals surface area contributed by atoms with E-state index in [0.717, 1.165) is 12.1 Å². The fourth-order valence-corrected chi connectivity index (χ4v) is 4.10. The molecule has 1 aromatic rings. The van der Waals surface area contributed by atoms with Gasteiger partial charge in [-0.1, -0.05) is 11.2 Å². The maximum Gasteiger partial charge on any atom is 0.309 e. The fraction of sp³-hybridized carbons (Fsp3) is 0.500. The van der Waals surface area contributed by atoms with Crippen molar-refractivity contribution >= 4 is 17.5 Å². The van der Waals surface area contributed by atoms with Gasteiger partial charge in [0.25, 0.3) is 0 Å². The van der Waals surface area contributed by atoms with E-state index in [1.165, 1.54) is 37.5 Å². The lowest BCUT2D eigenvalue weighted by atomic mass is 9.91. The molecule has 8 heteroatoms. The van der Waals surface area contributed by atoms with Gasteiger partial charge >= 0.3 is 5.97 Å². The summed E-state index contributed by atoms with van der Waals surface area (Å²) >= 11 is 0. The molecule has 30 heavy (non-hydrogen) atoms. The van der Waals surface area contributed by atoms with Crippen molar-refractivity contribution in [1.82, 2.24) is 0 Å². The fourth-order valence-electron chi connectivity index (χ4n) is 4.10. The summed E-state index contributed by atoms with van der Waals surface area (Å²) in [6.45, 7) is 0.0137. The van der Waals surface area contributed by atoms with Gasteiger partial charge in [0.05, 0.1) is 25.3 Å². The van der Waals surface area contributed by atoms with Crippen LogP contribution in [0.2, 0.25) is 0 Å². The third-order valence-corrected chi connectivity index (χ3v) is 5.58. The van der Waals surface area contributed by atoms with E-state index < -0.39 is 6.10 Å². The molecule has 0 saturated heterocycles. The smallest absolute Gasteiger partial charge is 0.309 e. The summed E-state index contributed by atoms with van der Waals surface area (Å²) in [5.74, 6) is -0.164. The van der Waals surface area contributed by atoms with Gasteiger partial charge in [0.1, 0.15) is 18.2 Å². The molecule has 2 aliphatic carbocycles. The number of carbonyl (C=O) groups is 2. The van der Waals surface area contributed by atoms with Crippen molar-refractivity contribution < 1.29 is 33.4 Å². The molecule has 0 aliphatic heterocycles. The molecular formula is C22H26FNO6. The zero-order valence-electron chi connectivity index (χ0n) is 16.8. The number of methoxy groups -OCH3 is 1. The molecular weight excluding hydrogens is 393 g/mol. The summed E-state index contributed by atoms with van der Waals surface area (Å²) < 4.78 is 22.8. The monoisotopic (exact) mass is 419 g/mol. The predicted molar refractivity (Wildman–Crippen MR) is 106 cm³/mol. The van der Waals surface area contributed by atoms with Gasteiger partial charge in [0, 0.05) is 5.92 Å². The Morgan fingerprint density at radius 2 is 2.03 bits per heavy atom. The number of hydrogen-bond donors (Lipinski definition) is 1. The normalized spacial score (nSPS) is 26.7. The van der Waals surface area contributed by atoms with E-state index in [-0.39, 0.29) is 49.0 Å². The summed E-state index contributed by atoms with van der Waals surface area (Å²) in [4.78, 5) is 28.4. The number of fused-ring (bicyclic) bond motifs is 1. The highest BCUT2D eigenvalue weighted by Crippen LogP contribution is 2.47. The second-order valence-electron chi connectivity index (χ2n) is 7.60.